The van der Waals surface area contributed by atoms with Crippen LogP contribution in [0.1, 0.15) is 29.5 Å². The van der Waals surface area contributed by atoms with Gasteiger partial charge in [0.15, 0.2) is 0 Å². The van der Waals surface area contributed by atoms with Gasteiger partial charge in [-0.25, -0.2) is 0 Å². The summed E-state index contributed by atoms with van der Waals surface area (Å²) in [6, 6.07) is 30.1. The Hall–Kier alpha value is -2.62. The van der Waals surface area contributed by atoms with Crippen LogP contribution in [0.5, 0.6) is 5.75 Å². The number of para-hydroxylation sites is 1. The molecule has 0 saturated carbocycles. The van der Waals surface area contributed by atoms with Crippen molar-refractivity contribution in [3.63, 3.8) is 0 Å². The monoisotopic (exact) mass is 386 g/mol. The molecule has 3 aromatic carbocycles. The van der Waals surface area contributed by atoms with Gasteiger partial charge in [-0.05, 0) is 43.1 Å². The van der Waals surface area contributed by atoms with Gasteiger partial charge in [0.1, 0.15) is 12.4 Å². The molecule has 0 atom stereocenters. The third kappa shape index (κ3) is 5.93. The van der Waals surface area contributed by atoms with Crippen molar-refractivity contribution in [2.45, 2.75) is 38.6 Å². The second-order valence-corrected chi connectivity index (χ2v) is 7.80. The molecular weight excluding hydrogens is 356 g/mol. The first-order chi connectivity index (χ1) is 14.4. The predicted molar refractivity (Wildman–Crippen MR) is 119 cm³/mol. The van der Waals surface area contributed by atoms with E-state index in [1.165, 1.54) is 29.5 Å². The molecule has 29 heavy (non-hydrogen) atoms. The Morgan fingerprint density at radius 3 is 2.10 bits per heavy atom. The average molecular weight is 387 g/mol. The lowest BCUT2D eigenvalue weighted by molar-refractivity contribution is 0.189. The molecular formula is C26H30N2O. The summed E-state index contributed by atoms with van der Waals surface area (Å²) in [7, 11) is 0. The molecule has 3 nitrogen and oxygen atoms in total. The molecule has 0 aliphatic carbocycles. The van der Waals surface area contributed by atoms with E-state index in [2.05, 4.69) is 83.0 Å². The number of rotatable bonds is 8. The van der Waals surface area contributed by atoms with Gasteiger partial charge in [-0.3, -0.25) is 4.90 Å². The smallest absolute Gasteiger partial charge is 0.124 e. The summed E-state index contributed by atoms with van der Waals surface area (Å²) in [6.45, 7) is 4.82. The topological polar surface area (TPSA) is 24.5 Å². The highest BCUT2D eigenvalue weighted by Gasteiger charge is 2.19. The van der Waals surface area contributed by atoms with E-state index in [1.807, 2.05) is 12.1 Å². The fraction of sp³-hybridized carbons (Fsp3) is 0.308. The SMILES string of the molecule is c1ccc(COc2ccccc2CNC2CCN(Cc3ccccc3)CC2)cc1. The molecule has 1 saturated heterocycles. The van der Waals surface area contributed by atoms with Crippen molar-refractivity contribution < 1.29 is 4.74 Å². The number of nitrogens with zero attached hydrogens (tertiary/aromatic N) is 1. The first kappa shape index (κ1) is 19.7. The van der Waals surface area contributed by atoms with E-state index < -0.39 is 0 Å². The number of piperidine rings is 1. The van der Waals surface area contributed by atoms with Crippen molar-refractivity contribution in [1.29, 1.82) is 0 Å². The molecule has 3 heteroatoms. The lowest BCUT2D eigenvalue weighted by atomic mass is 10.0. The molecule has 150 valence electrons. The van der Waals surface area contributed by atoms with Gasteiger partial charge in [0.25, 0.3) is 0 Å². The molecule has 1 fully saturated rings. The normalized spacial score (nSPS) is 15.3. The summed E-state index contributed by atoms with van der Waals surface area (Å²) < 4.78 is 6.10. The number of ether oxygens (including phenoxy) is 1. The van der Waals surface area contributed by atoms with Crippen LogP contribution in [0.15, 0.2) is 84.9 Å². The highest BCUT2D eigenvalue weighted by molar-refractivity contribution is 5.33. The minimum absolute atomic E-state index is 0.573. The second kappa shape index (κ2) is 10.2. The summed E-state index contributed by atoms with van der Waals surface area (Å²) in [5.41, 5.74) is 3.83. The third-order valence-electron chi connectivity index (χ3n) is 5.63. The van der Waals surface area contributed by atoms with Crippen molar-refractivity contribution in [1.82, 2.24) is 10.2 Å². The quantitative estimate of drug-likeness (QED) is 0.588. The number of benzene rings is 3. The van der Waals surface area contributed by atoms with E-state index in [9.17, 15) is 0 Å². The highest BCUT2D eigenvalue weighted by atomic mass is 16.5. The lowest BCUT2D eigenvalue weighted by Crippen LogP contribution is -2.41. The Labute approximate surface area is 174 Å². The van der Waals surface area contributed by atoms with Gasteiger partial charge in [0.2, 0.25) is 0 Å². The largest absolute Gasteiger partial charge is 0.489 e. The van der Waals surface area contributed by atoms with Crippen LogP contribution in [0, 0.1) is 0 Å². The molecule has 0 unspecified atom stereocenters. The lowest BCUT2D eigenvalue weighted by Gasteiger charge is -2.32. The predicted octanol–water partition coefficient (Wildman–Crippen LogP) is 5.02. The Morgan fingerprint density at radius 2 is 1.38 bits per heavy atom. The minimum atomic E-state index is 0.573. The van der Waals surface area contributed by atoms with Gasteiger partial charge in [-0.2, -0.15) is 0 Å². The van der Waals surface area contributed by atoms with E-state index in [4.69, 9.17) is 4.74 Å². The second-order valence-electron chi connectivity index (χ2n) is 7.80. The Morgan fingerprint density at radius 1 is 0.759 bits per heavy atom. The Kier molecular flexibility index (Phi) is 6.95. The fourth-order valence-corrected chi connectivity index (χ4v) is 3.92. The molecule has 0 amide bonds. The van der Waals surface area contributed by atoms with Crippen molar-refractivity contribution in [2.75, 3.05) is 13.1 Å². The summed E-state index contributed by atoms with van der Waals surface area (Å²) in [5, 5.41) is 3.75. The molecule has 4 rings (SSSR count). The Balaban J connectivity index is 1.24. The van der Waals surface area contributed by atoms with Crippen LogP contribution in [0.4, 0.5) is 0 Å². The van der Waals surface area contributed by atoms with Crippen LogP contribution in [0.3, 0.4) is 0 Å². The zero-order chi connectivity index (χ0) is 19.7. The Bertz CT molecular complexity index is 858. The molecule has 0 spiro atoms. The van der Waals surface area contributed by atoms with Crippen LogP contribution in [-0.2, 0) is 19.7 Å². The first-order valence-corrected chi connectivity index (χ1v) is 10.6. The van der Waals surface area contributed by atoms with E-state index in [1.54, 1.807) is 0 Å². The van der Waals surface area contributed by atoms with Crippen molar-refractivity contribution in [3.05, 3.63) is 102 Å². The number of hydrogen-bond donors (Lipinski definition) is 1. The maximum Gasteiger partial charge on any atom is 0.124 e. The highest BCUT2D eigenvalue weighted by Crippen LogP contribution is 2.21. The van der Waals surface area contributed by atoms with Gasteiger partial charge >= 0.3 is 0 Å². The number of likely N-dealkylation sites (tertiary alicyclic amines) is 1. The zero-order valence-electron chi connectivity index (χ0n) is 17.0. The van der Waals surface area contributed by atoms with E-state index in [0.29, 0.717) is 12.6 Å². The summed E-state index contributed by atoms with van der Waals surface area (Å²) in [5.74, 6) is 0.977. The molecule has 0 bridgehead atoms. The molecule has 0 radical (unpaired) electrons. The maximum atomic E-state index is 6.10. The zero-order valence-corrected chi connectivity index (χ0v) is 17.0. The molecule has 1 aliphatic rings. The number of nitrogens with one attached hydrogen (secondary N) is 1. The summed E-state index contributed by atoms with van der Waals surface area (Å²) in [4.78, 5) is 2.56. The third-order valence-corrected chi connectivity index (χ3v) is 5.63. The molecule has 1 aliphatic heterocycles. The minimum Gasteiger partial charge on any atom is -0.489 e. The fourth-order valence-electron chi connectivity index (χ4n) is 3.92. The van der Waals surface area contributed by atoms with E-state index in [-0.39, 0.29) is 0 Å². The average Bonchev–Trinajstić information content (AvgIpc) is 2.79. The molecule has 1 heterocycles. The van der Waals surface area contributed by atoms with Gasteiger partial charge in [0, 0.05) is 24.7 Å². The summed E-state index contributed by atoms with van der Waals surface area (Å²) in [6.07, 6.45) is 2.39. The van der Waals surface area contributed by atoms with Crippen LogP contribution in [0.2, 0.25) is 0 Å². The molecule has 0 aromatic heterocycles. The molecule has 3 aromatic rings. The van der Waals surface area contributed by atoms with Crippen LogP contribution < -0.4 is 10.1 Å². The maximum absolute atomic E-state index is 6.10. The van der Waals surface area contributed by atoms with E-state index >= 15 is 0 Å². The first-order valence-electron chi connectivity index (χ1n) is 10.6. The van der Waals surface area contributed by atoms with Crippen molar-refractivity contribution >= 4 is 0 Å². The summed E-state index contributed by atoms with van der Waals surface area (Å²) >= 11 is 0. The van der Waals surface area contributed by atoms with Gasteiger partial charge in [-0.15, -0.1) is 0 Å². The standard InChI is InChI=1S/C26H30N2O/c1-3-9-22(10-4-1)20-28-17-15-25(16-18-28)27-19-24-13-7-8-14-26(24)29-21-23-11-5-2-6-12-23/h1-14,25,27H,15-21H2. The van der Waals surface area contributed by atoms with Crippen LogP contribution in [0.25, 0.3) is 0 Å². The number of hydrogen-bond acceptors (Lipinski definition) is 3. The van der Waals surface area contributed by atoms with Crippen molar-refractivity contribution in [2.24, 2.45) is 0 Å². The van der Waals surface area contributed by atoms with E-state index in [0.717, 1.165) is 31.9 Å². The van der Waals surface area contributed by atoms with Gasteiger partial charge in [-0.1, -0.05) is 78.9 Å². The van der Waals surface area contributed by atoms with Gasteiger partial charge in [0.05, 0.1) is 0 Å². The van der Waals surface area contributed by atoms with Crippen molar-refractivity contribution in [3.8, 4) is 5.75 Å². The van der Waals surface area contributed by atoms with Crippen LogP contribution in [-0.4, -0.2) is 24.0 Å². The van der Waals surface area contributed by atoms with Crippen LogP contribution >= 0.6 is 0 Å². The molecule has 1 N–H and O–H groups in total. The van der Waals surface area contributed by atoms with Gasteiger partial charge < -0.3 is 10.1 Å².